The van der Waals surface area contributed by atoms with Gasteiger partial charge in [-0.05, 0) is 25.1 Å². The van der Waals surface area contributed by atoms with Gasteiger partial charge < -0.3 is 19.5 Å². The first-order chi connectivity index (χ1) is 12.3. The molecule has 0 aliphatic rings. The van der Waals surface area contributed by atoms with E-state index in [9.17, 15) is 14.9 Å². The average molecular weight is 381 g/mol. The number of nitrogens with one attached hydrogen (secondary N) is 1. The molecule has 0 aliphatic heterocycles. The Bertz CT molecular complexity index is 827. The van der Waals surface area contributed by atoms with Crippen LogP contribution in [0, 0.1) is 10.1 Å². The summed E-state index contributed by atoms with van der Waals surface area (Å²) in [5.41, 5.74) is 0.336. The number of methoxy groups -OCH3 is 2. The van der Waals surface area contributed by atoms with Gasteiger partial charge in [0.25, 0.3) is 11.6 Å². The van der Waals surface area contributed by atoms with Gasteiger partial charge in [0.05, 0.1) is 24.2 Å². The molecule has 2 aromatic rings. The van der Waals surface area contributed by atoms with Gasteiger partial charge >= 0.3 is 0 Å². The highest BCUT2D eigenvalue weighted by atomic mass is 35.5. The van der Waals surface area contributed by atoms with E-state index in [4.69, 9.17) is 25.8 Å². The van der Waals surface area contributed by atoms with Gasteiger partial charge in [-0.3, -0.25) is 14.9 Å². The lowest BCUT2D eigenvalue weighted by atomic mass is 10.2. The van der Waals surface area contributed by atoms with Crippen LogP contribution in [0.25, 0.3) is 0 Å². The zero-order valence-electron chi connectivity index (χ0n) is 14.3. The first-order valence-electron chi connectivity index (χ1n) is 7.49. The summed E-state index contributed by atoms with van der Waals surface area (Å²) in [5.74, 6) is 0.753. The molecule has 1 atom stereocenters. The average Bonchev–Trinajstić information content (AvgIpc) is 2.62. The maximum Gasteiger partial charge on any atom is 0.271 e. The van der Waals surface area contributed by atoms with Gasteiger partial charge in [-0.2, -0.15) is 0 Å². The van der Waals surface area contributed by atoms with Crippen molar-refractivity contribution in [1.82, 2.24) is 0 Å². The van der Waals surface area contributed by atoms with Crippen molar-refractivity contribution >= 4 is 28.9 Å². The van der Waals surface area contributed by atoms with Crippen molar-refractivity contribution in [1.29, 1.82) is 0 Å². The highest BCUT2D eigenvalue weighted by Crippen LogP contribution is 2.31. The topological polar surface area (TPSA) is 99.9 Å². The zero-order valence-corrected chi connectivity index (χ0v) is 15.1. The molecule has 9 heteroatoms. The Balaban J connectivity index is 2.07. The lowest BCUT2D eigenvalue weighted by molar-refractivity contribution is -0.384. The molecule has 2 aromatic carbocycles. The molecule has 0 heterocycles. The number of ether oxygens (including phenoxy) is 3. The van der Waals surface area contributed by atoms with E-state index in [0.717, 1.165) is 6.07 Å². The van der Waals surface area contributed by atoms with E-state index >= 15 is 0 Å². The number of carbonyl (C=O) groups excluding carboxylic acids is 1. The van der Waals surface area contributed by atoms with Crippen LogP contribution in [-0.4, -0.2) is 31.2 Å². The van der Waals surface area contributed by atoms with E-state index in [-0.39, 0.29) is 16.5 Å². The summed E-state index contributed by atoms with van der Waals surface area (Å²) in [6.45, 7) is 1.54. The van der Waals surface area contributed by atoms with Gasteiger partial charge in [-0.25, -0.2) is 0 Å². The summed E-state index contributed by atoms with van der Waals surface area (Å²) in [4.78, 5) is 22.5. The van der Waals surface area contributed by atoms with Crippen LogP contribution in [0.1, 0.15) is 6.92 Å². The summed E-state index contributed by atoms with van der Waals surface area (Å²) >= 11 is 5.96. The number of anilines is 1. The molecule has 0 aliphatic carbocycles. The second kappa shape index (κ2) is 8.39. The molecule has 0 spiro atoms. The summed E-state index contributed by atoms with van der Waals surface area (Å²) in [6, 6.07) is 8.69. The largest absolute Gasteiger partial charge is 0.493 e. The fourth-order valence-electron chi connectivity index (χ4n) is 2.10. The van der Waals surface area contributed by atoms with Gasteiger partial charge in [0, 0.05) is 23.9 Å². The Labute approximate surface area is 154 Å². The zero-order chi connectivity index (χ0) is 19.3. The summed E-state index contributed by atoms with van der Waals surface area (Å²) in [5, 5.41) is 13.5. The van der Waals surface area contributed by atoms with Crippen LogP contribution in [0.2, 0.25) is 5.02 Å². The molecule has 26 heavy (non-hydrogen) atoms. The van der Waals surface area contributed by atoms with Crippen molar-refractivity contribution in [2.75, 3.05) is 19.5 Å². The van der Waals surface area contributed by atoms with E-state index in [2.05, 4.69) is 5.32 Å². The van der Waals surface area contributed by atoms with Crippen molar-refractivity contribution < 1.29 is 23.9 Å². The van der Waals surface area contributed by atoms with Crippen LogP contribution in [-0.2, 0) is 4.79 Å². The Kier molecular flexibility index (Phi) is 6.24. The van der Waals surface area contributed by atoms with E-state index < -0.39 is 16.9 Å². The second-order valence-electron chi connectivity index (χ2n) is 5.19. The molecule has 0 fully saturated rings. The summed E-state index contributed by atoms with van der Waals surface area (Å²) < 4.78 is 15.8. The minimum atomic E-state index is -0.887. The number of halogens is 1. The molecular weight excluding hydrogens is 364 g/mol. The van der Waals surface area contributed by atoms with Crippen LogP contribution in [0.15, 0.2) is 36.4 Å². The lowest BCUT2D eigenvalue weighted by Gasteiger charge is -2.16. The Hall–Kier alpha value is -3.00. The third kappa shape index (κ3) is 4.54. The molecule has 0 bridgehead atoms. The number of non-ortho nitro benzene ring substituents is 1. The lowest BCUT2D eigenvalue weighted by Crippen LogP contribution is -2.30. The van der Waals surface area contributed by atoms with Crippen molar-refractivity contribution in [3.05, 3.63) is 51.5 Å². The standard InChI is InChI=1S/C17H17ClN2O6/c1-10(26-14-7-5-12(20(22)23)9-13(14)18)17(21)19-11-4-6-15(24-2)16(8-11)25-3/h4-10H,1-3H3,(H,19,21)/t10-/m0/s1. The van der Waals surface area contributed by atoms with Crippen molar-refractivity contribution in [2.24, 2.45) is 0 Å². The Morgan fingerprint density at radius 1 is 1.12 bits per heavy atom. The third-order valence-electron chi connectivity index (χ3n) is 3.45. The minimum Gasteiger partial charge on any atom is -0.493 e. The molecule has 0 saturated carbocycles. The molecule has 0 saturated heterocycles. The number of nitrogens with zero attached hydrogens (tertiary/aromatic N) is 1. The predicted molar refractivity (Wildman–Crippen MR) is 96.4 cm³/mol. The quantitative estimate of drug-likeness (QED) is 0.581. The number of carbonyl (C=O) groups is 1. The molecule has 0 aromatic heterocycles. The summed E-state index contributed by atoms with van der Waals surface area (Å²) in [6.07, 6.45) is -0.887. The fourth-order valence-corrected chi connectivity index (χ4v) is 2.32. The molecule has 0 unspecified atom stereocenters. The van der Waals surface area contributed by atoms with Gasteiger partial charge in [0.15, 0.2) is 17.6 Å². The maximum atomic E-state index is 12.3. The molecule has 2 rings (SSSR count). The van der Waals surface area contributed by atoms with E-state index in [1.807, 2.05) is 0 Å². The van der Waals surface area contributed by atoms with Crippen LogP contribution < -0.4 is 19.5 Å². The number of nitro groups is 1. The maximum absolute atomic E-state index is 12.3. The smallest absolute Gasteiger partial charge is 0.271 e. The number of amides is 1. The second-order valence-corrected chi connectivity index (χ2v) is 5.60. The predicted octanol–water partition coefficient (Wildman–Crippen LogP) is 3.67. The summed E-state index contributed by atoms with van der Waals surface area (Å²) in [7, 11) is 3.01. The number of nitro benzene ring substituents is 1. The third-order valence-corrected chi connectivity index (χ3v) is 3.75. The molecular formula is C17H17ClN2O6. The van der Waals surface area contributed by atoms with Crippen LogP contribution in [0.4, 0.5) is 11.4 Å². The highest BCUT2D eigenvalue weighted by molar-refractivity contribution is 6.32. The minimum absolute atomic E-state index is 0.0463. The Morgan fingerprint density at radius 3 is 2.35 bits per heavy atom. The molecule has 138 valence electrons. The van der Waals surface area contributed by atoms with Gasteiger partial charge in [-0.15, -0.1) is 0 Å². The van der Waals surface area contributed by atoms with Crippen LogP contribution in [0.5, 0.6) is 17.2 Å². The Morgan fingerprint density at radius 2 is 1.77 bits per heavy atom. The van der Waals surface area contributed by atoms with Crippen LogP contribution >= 0.6 is 11.6 Å². The molecule has 8 nitrogen and oxygen atoms in total. The molecule has 1 amide bonds. The number of benzene rings is 2. The normalized spacial score (nSPS) is 11.4. The molecule has 0 radical (unpaired) electrons. The van der Waals surface area contributed by atoms with E-state index in [1.165, 1.54) is 33.3 Å². The van der Waals surface area contributed by atoms with E-state index in [0.29, 0.717) is 17.2 Å². The van der Waals surface area contributed by atoms with Crippen molar-refractivity contribution in [3.63, 3.8) is 0 Å². The van der Waals surface area contributed by atoms with Crippen LogP contribution in [0.3, 0.4) is 0 Å². The number of rotatable bonds is 7. The molecule has 1 N–H and O–H groups in total. The monoisotopic (exact) mass is 380 g/mol. The number of hydrogen-bond donors (Lipinski definition) is 1. The highest BCUT2D eigenvalue weighted by Gasteiger charge is 2.18. The van der Waals surface area contributed by atoms with Gasteiger partial charge in [-0.1, -0.05) is 11.6 Å². The van der Waals surface area contributed by atoms with Crippen molar-refractivity contribution in [3.8, 4) is 17.2 Å². The van der Waals surface area contributed by atoms with Gasteiger partial charge in [0.2, 0.25) is 0 Å². The number of hydrogen-bond acceptors (Lipinski definition) is 6. The fraction of sp³-hybridized carbons (Fsp3) is 0.235. The first kappa shape index (κ1) is 19.3. The van der Waals surface area contributed by atoms with Crippen molar-refractivity contribution in [2.45, 2.75) is 13.0 Å². The van der Waals surface area contributed by atoms with E-state index in [1.54, 1.807) is 18.2 Å². The first-order valence-corrected chi connectivity index (χ1v) is 7.87. The van der Waals surface area contributed by atoms with Gasteiger partial charge in [0.1, 0.15) is 5.75 Å². The SMILES string of the molecule is COc1ccc(NC(=O)[C@H](C)Oc2ccc([N+](=O)[O-])cc2Cl)cc1OC.